The molecule has 1 unspecified atom stereocenters. The highest BCUT2D eigenvalue weighted by Gasteiger charge is 2.20. The largest absolute Gasteiger partial charge is 0.494 e. The number of amides is 1. The van der Waals surface area contributed by atoms with E-state index < -0.39 is 0 Å². The van der Waals surface area contributed by atoms with Crippen molar-refractivity contribution in [1.29, 1.82) is 0 Å². The number of nitrogens with one attached hydrogen (secondary N) is 1. The number of rotatable bonds is 7. The SMILES string of the molecule is CN1CCCC1CNC(=O)CCCOc1ccc(Cl)cc1. The van der Waals surface area contributed by atoms with Gasteiger partial charge in [-0.1, -0.05) is 11.6 Å². The third kappa shape index (κ3) is 5.56. The Morgan fingerprint density at radius 1 is 1.43 bits per heavy atom. The number of hydrogen-bond donors (Lipinski definition) is 1. The first kappa shape index (κ1) is 16.1. The van der Waals surface area contributed by atoms with Gasteiger partial charge in [0.15, 0.2) is 0 Å². The Morgan fingerprint density at radius 2 is 2.19 bits per heavy atom. The molecular formula is C16H23ClN2O2. The van der Waals surface area contributed by atoms with Gasteiger partial charge in [0, 0.05) is 24.0 Å². The summed E-state index contributed by atoms with van der Waals surface area (Å²) in [5.41, 5.74) is 0. The maximum absolute atomic E-state index is 11.8. The van der Waals surface area contributed by atoms with E-state index >= 15 is 0 Å². The van der Waals surface area contributed by atoms with E-state index in [0.29, 0.717) is 24.1 Å². The minimum absolute atomic E-state index is 0.106. The third-order valence-corrected chi connectivity index (χ3v) is 4.09. The van der Waals surface area contributed by atoms with Crippen LogP contribution in [-0.4, -0.2) is 43.6 Å². The number of carbonyl (C=O) groups is 1. The predicted molar refractivity (Wildman–Crippen MR) is 84.8 cm³/mol. The Bertz CT molecular complexity index is 450. The highest BCUT2D eigenvalue weighted by Crippen LogP contribution is 2.16. The van der Waals surface area contributed by atoms with Gasteiger partial charge in [-0.05, 0) is 57.1 Å². The number of carbonyl (C=O) groups excluding carboxylic acids is 1. The van der Waals surface area contributed by atoms with Crippen molar-refractivity contribution < 1.29 is 9.53 Å². The molecule has 1 saturated heterocycles. The lowest BCUT2D eigenvalue weighted by Gasteiger charge is -2.19. The first-order chi connectivity index (χ1) is 10.1. The fourth-order valence-corrected chi connectivity index (χ4v) is 2.64. The van der Waals surface area contributed by atoms with E-state index in [1.165, 1.54) is 12.8 Å². The summed E-state index contributed by atoms with van der Waals surface area (Å²) in [6, 6.07) is 7.75. The second kappa shape index (κ2) is 8.25. The van der Waals surface area contributed by atoms with Crippen LogP contribution < -0.4 is 10.1 Å². The summed E-state index contributed by atoms with van der Waals surface area (Å²) in [5, 5.41) is 3.70. The van der Waals surface area contributed by atoms with E-state index in [9.17, 15) is 4.79 Å². The van der Waals surface area contributed by atoms with Crippen LogP contribution in [0.15, 0.2) is 24.3 Å². The van der Waals surface area contributed by atoms with E-state index in [0.717, 1.165) is 25.3 Å². The topological polar surface area (TPSA) is 41.6 Å². The Kier molecular flexibility index (Phi) is 6.33. The lowest BCUT2D eigenvalue weighted by molar-refractivity contribution is -0.121. The van der Waals surface area contributed by atoms with Crippen molar-refractivity contribution in [3.8, 4) is 5.75 Å². The van der Waals surface area contributed by atoms with Gasteiger partial charge in [0.05, 0.1) is 6.61 Å². The molecule has 0 radical (unpaired) electrons. The second-order valence-corrected chi connectivity index (χ2v) is 5.92. The van der Waals surface area contributed by atoms with Crippen LogP contribution in [0.2, 0.25) is 5.02 Å². The molecule has 2 rings (SSSR count). The Hall–Kier alpha value is -1.26. The maximum atomic E-state index is 11.8. The molecule has 1 aromatic carbocycles. The Morgan fingerprint density at radius 3 is 2.86 bits per heavy atom. The monoisotopic (exact) mass is 310 g/mol. The summed E-state index contributed by atoms with van der Waals surface area (Å²) in [5.74, 6) is 0.891. The molecule has 5 heteroatoms. The van der Waals surface area contributed by atoms with Crippen molar-refractivity contribution >= 4 is 17.5 Å². The molecule has 116 valence electrons. The zero-order valence-electron chi connectivity index (χ0n) is 12.5. The third-order valence-electron chi connectivity index (χ3n) is 3.84. The maximum Gasteiger partial charge on any atom is 0.220 e. The minimum Gasteiger partial charge on any atom is -0.494 e. The van der Waals surface area contributed by atoms with Crippen LogP contribution in [0.3, 0.4) is 0 Å². The molecule has 1 heterocycles. The average molecular weight is 311 g/mol. The van der Waals surface area contributed by atoms with Gasteiger partial charge in [-0.15, -0.1) is 0 Å². The molecule has 1 aliphatic heterocycles. The fourth-order valence-electron chi connectivity index (χ4n) is 2.51. The van der Waals surface area contributed by atoms with Gasteiger partial charge in [-0.25, -0.2) is 0 Å². The van der Waals surface area contributed by atoms with E-state index in [4.69, 9.17) is 16.3 Å². The summed E-state index contributed by atoms with van der Waals surface area (Å²) in [7, 11) is 2.11. The van der Waals surface area contributed by atoms with Gasteiger partial charge in [0.25, 0.3) is 0 Å². The number of halogens is 1. The highest BCUT2D eigenvalue weighted by molar-refractivity contribution is 6.30. The van der Waals surface area contributed by atoms with Gasteiger partial charge in [-0.3, -0.25) is 4.79 Å². The number of nitrogens with zero attached hydrogens (tertiary/aromatic N) is 1. The van der Waals surface area contributed by atoms with Crippen molar-refractivity contribution in [1.82, 2.24) is 10.2 Å². The molecule has 1 amide bonds. The molecule has 1 atom stereocenters. The molecule has 4 nitrogen and oxygen atoms in total. The lowest BCUT2D eigenvalue weighted by atomic mass is 10.2. The van der Waals surface area contributed by atoms with Crippen LogP contribution in [0.5, 0.6) is 5.75 Å². The van der Waals surface area contributed by atoms with Crippen molar-refractivity contribution in [2.24, 2.45) is 0 Å². The van der Waals surface area contributed by atoms with Gasteiger partial charge in [-0.2, -0.15) is 0 Å². The molecule has 1 N–H and O–H groups in total. The second-order valence-electron chi connectivity index (χ2n) is 5.49. The number of benzene rings is 1. The van der Waals surface area contributed by atoms with Crippen LogP contribution >= 0.6 is 11.6 Å². The highest BCUT2D eigenvalue weighted by atomic mass is 35.5. The molecule has 1 fully saturated rings. The average Bonchev–Trinajstić information content (AvgIpc) is 2.89. The van der Waals surface area contributed by atoms with E-state index in [2.05, 4.69) is 17.3 Å². The molecule has 1 aromatic rings. The predicted octanol–water partition coefficient (Wildman–Crippen LogP) is 2.71. The standard InChI is InChI=1S/C16H23ClN2O2/c1-19-10-2-4-14(19)12-18-16(20)5-3-11-21-15-8-6-13(17)7-9-15/h6-9,14H,2-5,10-12H2,1H3,(H,18,20). The smallest absolute Gasteiger partial charge is 0.220 e. The first-order valence-electron chi connectivity index (χ1n) is 7.50. The number of likely N-dealkylation sites (N-methyl/N-ethyl adjacent to an activating group) is 1. The number of hydrogen-bond acceptors (Lipinski definition) is 3. The lowest BCUT2D eigenvalue weighted by Crippen LogP contribution is -2.38. The summed E-state index contributed by atoms with van der Waals surface area (Å²) in [6.45, 7) is 2.43. The van der Waals surface area contributed by atoms with Crippen molar-refractivity contribution in [3.63, 3.8) is 0 Å². The summed E-state index contributed by atoms with van der Waals surface area (Å²) in [6.07, 6.45) is 3.63. The minimum atomic E-state index is 0.106. The molecule has 0 aliphatic carbocycles. The van der Waals surface area contributed by atoms with Crippen LogP contribution in [0.25, 0.3) is 0 Å². The summed E-state index contributed by atoms with van der Waals surface area (Å²) < 4.78 is 5.56. The van der Waals surface area contributed by atoms with Crippen LogP contribution in [0.4, 0.5) is 0 Å². The molecule has 0 spiro atoms. The molecule has 0 bridgehead atoms. The quantitative estimate of drug-likeness (QED) is 0.787. The molecule has 0 saturated carbocycles. The first-order valence-corrected chi connectivity index (χ1v) is 7.88. The zero-order chi connectivity index (χ0) is 15.1. The van der Waals surface area contributed by atoms with Crippen LogP contribution in [-0.2, 0) is 4.79 Å². The number of ether oxygens (including phenoxy) is 1. The normalized spacial score (nSPS) is 18.7. The molecule has 21 heavy (non-hydrogen) atoms. The zero-order valence-corrected chi connectivity index (χ0v) is 13.2. The number of likely N-dealkylation sites (tertiary alicyclic amines) is 1. The van der Waals surface area contributed by atoms with Crippen molar-refractivity contribution in [2.45, 2.75) is 31.7 Å². The van der Waals surface area contributed by atoms with Gasteiger partial charge in [0.2, 0.25) is 5.91 Å². The van der Waals surface area contributed by atoms with Crippen LogP contribution in [0.1, 0.15) is 25.7 Å². The Balaban J connectivity index is 1.55. The van der Waals surface area contributed by atoms with E-state index in [1.54, 1.807) is 12.1 Å². The van der Waals surface area contributed by atoms with Crippen molar-refractivity contribution in [3.05, 3.63) is 29.3 Å². The Labute approximate surface area is 131 Å². The molecule has 1 aliphatic rings. The van der Waals surface area contributed by atoms with Gasteiger partial charge < -0.3 is 15.0 Å². The molecule has 0 aromatic heterocycles. The summed E-state index contributed by atoms with van der Waals surface area (Å²) in [4.78, 5) is 14.1. The fraction of sp³-hybridized carbons (Fsp3) is 0.562. The van der Waals surface area contributed by atoms with Crippen LogP contribution in [0, 0.1) is 0 Å². The van der Waals surface area contributed by atoms with Crippen molar-refractivity contribution in [2.75, 3.05) is 26.7 Å². The van der Waals surface area contributed by atoms with E-state index in [1.807, 2.05) is 12.1 Å². The van der Waals surface area contributed by atoms with Gasteiger partial charge in [0.1, 0.15) is 5.75 Å². The molecular weight excluding hydrogens is 288 g/mol. The van der Waals surface area contributed by atoms with Gasteiger partial charge >= 0.3 is 0 Å². The summed E-state index contributed by atoms with van der Waals surface area (Å²) >= 11 is 5.80. The van der Waals surface area contributed by atoms with E-state index in [-0.39, 0.29) is 5.91 Å².